The topological polar surface area (TPSA) is 141 Å². The van der Waals surface area contributed by atoms with Gasteiger partial charge in [0.1, 0.15) is 5.69 Å². The third kappa shape index (κ3) is 5.45. The lowest BCUT2D eigenvalue weighted by molar-refractivity contribution is 0.130. The van der Waals surface area contributed by atoms with Gasteiger partial charge in [-0.3, -0.25) is 5.32 Å². The van der Waals surface area contributed by atoms with Gasteiger partial charge in [-0.15, -0.1) is 5.10 Å². The quantitative estimate of drug-likeness (QED) is 0.574. The third-order valence-corrected chi connectivity index (χ3v) is 7.22. The number of sulfonamides is 1. The van der Waals surface area contributed by atoms with Crippen LogP contribution in [-0.4, -0.2) is 47.7 Å². The van der Waals surface area contributed by atoms with Crippen LogP contribution in [0.3, 0.4) is 0 Å². The number of hydrogen-bond donors (Lipinski definition) is 3. The molecule has 1 amide bonds. The second-order valence-electron chi connectivity index (χ2n) is 8.84. The number of amides is 1. The number of hydrogen-bond acceptors (Lipinski definition) is 7. The minimum absolute atomic E-state index is 0.0458. The molecular formula is C21H30N6O4S. The first-order chi connectivity index (χ1) is 15.2. The SMILES string of the molecule is CC(C)OC(=O)Nc1ccc(-c2cn([C@H]3CC[C@H](N)CC3)nn2)c(S(=O)(=O)NC2CC2)c1. The van der Waals surface area contributed by atoms with Crippen molar-refractivity contribution in [3.8, 4) is 11.3 Å². The molecule has 32 heavy (non-hydrogen) atoms. The summed E-state index contributed by atoms with van der Waals surface area (Å²) < 4.78 is 35.8. The van der Waals surface area contributed by atoms with Gasteiger partial charge in [0.05, 0.1) is 23.2 Å². The first-order valence-electron chi connectivity index (χ1n) is 11.0. The number of anilines is 1. The highest BCUT2D eigenvalue weighted by Crippen LogP contribution is 2.33. The standard InChI is InChI=1S/C21H30N6O4S/c1-13(2)31-21(28)23-16-7-10-18(20(11-16)32(29,30)25-15-5-6-15)19-12-27(26-24-19)17-8-3-14(22)4-9-17/h7,10-15,17,25H,3-6,8-9,22H2,1-2H3,(H,23,28)/t14-,17-. The van der Waals surface area contributed by atoms with E-state index in [4.69, 9.17) is 10.5 Å². The van der Waals surface area contributed by atoms with E-state index in [0.717, 1.165) is 38.5 Å². The maximum Gasteiger partial charge on any atom is 0.411 e. The predicted octanol–water partition coefficient (Wildman–Crippen LogP) is 2.79. The van der Waals surface area contributed by atoms with Gasteiger partial charge in [0, 0.05) is 23.3 Å². The van der Waals surface area contributed by atoms with Crippen LogP contribution in [-0.2, 0) is 14.8 Å². The van der Waals surface area contributed by atoms with E-state index in [9.17, 15) is 13.2 Å². The van der Waals surface area contributed by atoms with Crippen LogP contribution in [0.2, 0.25) is 0 Å². The Morgan fingerprint density at radius 3 is 2.56 bits per heavy atom. The molecule has 0 spiro atoms. The van der Waals surface area contributed by atoms with Gasteiger partial charge in [-0.25, -0.2) is 22.6 Å². The van der Waals surface area contributed by atoms with Crippen molar-refractivity contribution >= 4 is 21.8 Å². The molecule has 2 aromatic rings. The molecule has 1 heterocycles. The smallest absolute Gasteiger partial charge is 0.411 e. The Balaban J connectivity index is 1.64. The Morgan fingerprint density at radius 2 is 1.91 bits per heavy atom. The molecule has 4 rings (SSSR count). The number of carbonyl (C=O) groups is 1. The first kappa shape index (κ1) is 22.7. The van der Waals surface area contributed by atoms with Crippen molar-refractivity contribution in [1.29, 1.82) is 0 Å². The summed E-state index contributed by atoms with van der Waals surface area (Å²) in [6.07, 6.45) is 6.16. The molecule has 2 aliphatic rings. The van der Waals surface area contributed by atoms with Gasteiger partial charge in [0.25, 0.3) is 0 Å². The van der Waals surface area contributed by atoms with Gasteiger partial charge < -0.3 is 10.5 Å². The normalized spacial score (nSPS) is 21.5. The minimum atomic E-state index is -3.82. The zero-order chi connectivity index (χ0) is 22.9. The van der Waals surface area contributed by atoms with Crippen LogP contribution in [0.1, 0.15) is 58.4 Å². The molecule has 0 bridgehead atoms. The highest BCUT2D eigenvalue weighted by Gasteiger charge is 2.31. The van der Waals surface area contributed by atoms with Gasteiger partial charge in [-0.2, -0.15) is 0 Å². The van der Waals surface area contributed by atoms with Gasteiger partial charge in [-0.05, 0) is 70.6 Å². The Kier molecular flexibility index (Phi) is 6.50. The number of nitrogens with zero attached hydrogens (tertiary/aromatic N) is 3. The molecular weight excluding hydrogens is 432 g/mol. The monoisotopic (exact) mass is 462 g/mol. The summed E-state index contributed by atoms with van der Waals surface area (Å²) in [5, 5.41) is 11.1. The highest BCUT2D eigenvalue weighted by atomic mass is 32.2. The zero-order valence-corrected chi connectivity index (χ0v) is 19.1. The van der Waals surface area contributed by atoms with Crippen molar-refractivity contribution in [3.63, 3.8) is 0 Å². The van der Waals surface area contributed by atoms with E-state index in [0.29, 0.717) is 16.9 Å². The molecule has 2 fully saturated rings. The summed E-state index contributed by atoms with van der Waals surface area (Å²) in [6, 6.07) is 5.07. The molecule has 1 aromatic heterocycles. The second-order valence-corrected chi connectivity index (χ2v) is 10.5. The van der Waals surface area contributed by atoms with Gasteiger partial charge in [0.15, 0.2) is 0 Å². The minimum Gasteiger partial charge on any atom is -0.447 e. The van der Waals surface area contributed by atoms with Gasteiger partial charge >= 0.3 is 6.09 Å². The Hall–Kier alpha value is -2.50. The van der Waals surface area contributed by atoms with Crippen molar-refractivity contribution in [1.82, 2.24) is 19.7 Å². The van der Waals surface area contributed by atoms with E-state index in [-0.39, 0.29) is 29.1 Å². The fourth-order valence-electron chi connectivity index (χ4n) is 3.82. The lowest BCUT2D eigenvalue weighted by Crippen LogP contribution is -2.28. The molecule has 0 radical (unpaired) electrons. The average molecular weight is 463 g/mol. The summed E-state index contributed by atoms with van der Waals surface area (Å²) in [4.78, 5) is 12.0. The molecule has 10 nitrogen and oxygen atoms in total. The number of benzene rings is 1. The van der Waals surface area contributed by atoms with Crippen LogP contribution in [0, 0.1) is 0 Å². The Morgan fingerprint density at radius 1 is 1.19 bits per heavy atom. The summed E-state index contributed by atoms with van der Waals surface area (Å²) in [6.45, 7) is 3.48. The summed E-state index contributed by atoms with van der Waals surface area (Å²) in [5.41, 5.74) is 7.22. The van der Waals surface area contributed by atoms with E-state index >= 15 is 0 Å². The molecule has 0 saturated heterocycles. The van der Waals surface area contributed by atoms with Crippen LogP contribution in [0.5, 0.6) is 0 Å². The predicted molar refractivity (Wildman–Crippen MR) is 120 cm³/mol. The van der Waals surface area contributed by atoms with Crippen LogP contribution in [0.4, 0.5) is 10.5 Å². The maximum absolute atomic E-state index is 13.1. The maximum atomic E-state index is 13.1. The van der Waals surface area contributed by atoms with E-state index < -0.39 is 16.1 Å². The van der Waals surface area contributed by atoms with E-state index in [1.165, 1.54) is 6.07 Å². The van der Waals surface area contributed by atoms with Crippen molar-refractivity contribution in [3.05, 3.63) is 24.4 Å². The van der Waals surface area contributed by atoms with Crippen molar-refractivity contribution in [2.24, 2.45) is 5.73 Å². The van der Waals surface area contributed by atoms with Crippen LogP contribution in [0.25, 0.3) is 11.3 Å². The molecule has 11 heteroatoms. The molecule has 174 valence electrons. The highest BCUT2D eigenvalue weighted by molar-refractivity contribution is 7.89. The van der Waals surface area contributed by atoms with Gasteiger partial charge in [0.2, 0.25) is 10.0 Å². The summed E-state index contributed by atoms with van der Waals surface area (Å²) in [5.74, 6) is 0. The van der Waals surface area contributed by atoms with E-state index in [1.807, 2.05) is 0 Å². The number of carbonyl (C=O) groups excluding carboxylic acids is 1. The van der Waals surface area contributed by atoms with Crippen LogP contribution >= 0.6 is 0 Å². The number of ether oxygens (including phenoxy) is 1. The number of nitrogens with one attached hydrogen (secondary N) is 2. The summed E-state index contributed by atoms with van der Waals surface area (Å²) in [7, 11) is -3.82. The zero-order valence-electron chi connectivity index (χ0n) is 18.3. The van der Waals surface area contributed by atoms with Crippen molar-refractivity contribution < 1.29 is 17.9 Å². The van der Waals surface area contributed by atoms with E-state index in [2.05, 4.69) is 20.4 Å². The molecule has 2 saturated carbocycles. The molecule has 0 unspecified atom stereocenters. The summed E-state index contributed by atoms with van der Waals surface area (Å²) >= 11 is 0. The third-order valence-electron chi connectivity index (χ3n) is 5.66. The van der Waals surface area contributed by atoms with Crippen molar-refractivity contribution in [2.75, 3.05) is 5.32 Å². The first-order valence-corrected chi connectivity index (χ1v) is 12.5. The molecule has 1 aromatic carbocycles. The van der Waals surface area contributed by atoms with Crippen molar-refractivity contribution in [2.45, 2.75) is 81.5 Å². The number of nitrogens with two attached hydrogens (primary N) is 1. The fourth-order valence-corrected chi connectivity index (χ4v) is 5.37. The lowest BCUT2D eigenvalue weighted by Gasteiger charge is -2.25. The molecule has 2 aliphatic carbocycles. The van der Waals surface area contributed by atoms with E-state index in [1.54, 1.807) is 36.9 Å². The largest absolute Gasteiger partial charge is 0.447 e. The average Bonchev–Trinajstić information content (AvgIpc) is 3.39. The number of rotatable bonds is 7. The second kappa shape index (κ2) is 9.16. The Labute approximate surface area is 187 Å². The molecule has 4 N–H and O–H groups in total. The lowest BCUT2D eigenvalue weighted by atomic mass is 9.92. The van der Waals surface area contributed by atoms with Crippen LogP contribution in [0.15, 0.2) is 29.3 Å². The Bertz CT molecular complexity index is 1070. The molecule has 0 atom stereocenters. The fraction of sp³-hybridized carbons (Fsp3) is 0.571. The van der Waals surface area contributed by atoms with Gasteiger partial charge in [-0.1, -0.05) is 5.21 Å². The number of aromatic nitrogens is 3. The molecule has 0 aliphatic heterocycles. The van der Waals surface area contributed by atoms with Crippen LogP contribution < -0.4 is 15.8 Å².